The summed E-state index contributed by atoms with van der Waals surface area (Å²) in [5.41, 5.74) is 2.46. The van der Waals surface area contributed by atoms with Crippen molar-refractivity contribution in [1.29, 1.82) is 0 Å². The van der Waals surface area contributed by atoms with Crippen LogP contribution in [0.15, 0.2) is 42.5 Å². The van der Waals surface area contributed by atoms with Crippen LogP contribution < -0.4 is 4.74 Å². The van der Waals surface area contributed by atoms with Crippen LogP contribution in [0.4, 0.5) is 4.39 Å². The van der Waals surface area contributed by atoms with Gasteiger partial charge in [0.15, 0.2) is 12.9 Å². The molecule has 0 radical (unpaired) electrons. The van der Waals surface area contributed by atoms with E-state index < -0.39 is 0 Å². The molecule has 2 aromatic rings. The molecule has 1 saturated heterocycles. The molecule has 2 unspecified atom stereocenters. The molecular formula is C23H27FN2O3. The van der Waals surface area contributed by atoms with E-state index in [-0.39, 0.29) is 30.4 Å². The van der Waals surface area contributed by atoms with Gasteiger partial charge in [0.25, 0.3) is 5.91 Å². The summed E-state index contributed by atoms with van der Waals surface area (Å²) in [6.07, 6.45) is 0.742. The van der Waals surface area contributed by atoms with Crippen LogP contribution in [0.5, 0.6) is 5.75 Å². The lowest BCUT2D eigenvalue weighted by molar-refractivity contribution is -0.139. The molecule has 1 heterocycles. The van der Waals surface area contributed by atoms with Crippen molar-refractivity contribution in [2.45, 2.75) is 39.4 Å². The smallest absolute Gasteiger partial charge is 0.260 e. The van der Waals surface area contributed by atoms with Crippen LogP contribution in [0, 0.1) is 12.7 Å². The zero-order chi connectivity index (χ0) is 21.0. The Bertz CT molecular complexity index is 869. The highest BCUT2D eigenvalue weighted by Gasteiger charge is 2.32. The van der Waals surface area contributed by atoms with Gasteiger partial charge < -0.3 is 9.64 Å². The van der Waals surface area contributed by atoms with Crippen molar-refractivity contribution in [2.75, 3.05) is 19.7 Å². The third kappa shape index (κ3) is 5.21. The molecule has 2 aromatic carbocycles. The molecular weight excluding hydrogens is 371 g/mol. The quantitative estimate of drug-likeness (QED) is 0.700. The number of hydrogen-bond acceptors (Lipinski definition) is 4. The van der Waals surface area contributed by atoms with E-state index >= 15 is 0 Å². The second-order valence-corrected chi connectivity index (χ2v) is 7.75. The van der Waals surface area contributed by atoms with Crippen molar-refractivity contribution in [3.63, 3.8) is 0 Å². The third-order valence-corrected chi connectivity index (χ3v) is 5.38. The minimum atomic E-state index is -0.239. The minimum absolute atomic E-state index is 0.0336. The Kier molecular flexibility index (Phi) is 6.64. The molecule has 1 fully saturated rings. The molecule has 1 aliphatic rings. The van der Waals surface area contributed by atoms with Gasteiger partial charge in [-0.2, -0.15) is 0 Å². The number of carbonyl (C=O) groups excluding carboxylic acids is 2. The van der Waals surface area contributed by atoms with Crippen LogP contribution >= 0.6 is 0 Å². The first-order valence-corrected chi connectivity index (χ1v) is 9.84. The third-order valence-electron chi connectivity index (χ3n) is 5.38. The summed E-state index contributed by atoms with van der Waals surface area (Å²) >= 11 is 0. The first-order valence-electron chi connectivity index (χ1n) is 9.84. The Balaban J connectivity index is 1.58. The molecule has 29 heavy (non-hydrogen) atoms. The molecule has 0 aromatic heterocycles. The standard InChI is InChI=1S/C23H27FN2O3/c1-16-4-9-22(20(10-16)14-27)29-15-23(28)26-12-17(2)25(11-18(26)3)13-19-5-7-21(24)8-6-19/h4-10,14,17-18H,11-13,15H2,1-3H3. The summed E-state index contributed by atoms with van der Waals surface area (Å²) in [5, 5.41) is 0. The van der Waals surface area contributed by atoms with Gasteiger partial charge in [0.2, 0.25) is 0 Å². The largest absolute Gasteiger partial charge is 0.483 e. The first-order chi connectivity index (χ1) is 13.9. The van der Waals surface area contributed by atoms with Gasteiger partial charge in [-0.1, -0.05) is 23.8 Å². The van der Waals surface area contributed by atoms with Crippen LogP contribution in [-0.4, -0.2) is 53.8 Å². The maximum absolute atomic E-state index is 13.1. The Hall–Kier alpha value is -2.73. The summed E-state index contributed by atoms with van der Waals surface area (Å²) in [6.45, 7) is 7.95. The fraction of sp³-hybridized carbons (Fsp3) is 0.391. The molecule has 1 aliphatic heterocycles. The number of piperazine rings is 1. The second kappa shape index (κ2) is 9.18. The highest BCUT2D eigenvalue weighted by molar-refractivity contribution is 5.81. The average molecular weight is 398 g/mol. The Morgan fingerprint density at radius 2 is 1.86 bits per heavy atom. The topological polar surface area (TPSA) is 49.9 Å². The van der Waals surface area contributed by atoms with E-state index in [4.69, 9.17) is 4.74 Å². The van der Waals surface area contributed by atoms with E-state index in [0.717, 1.165) is 30.5 Å². The van der Waals surface area contributed by atoms with E-state index in [1.165, 1.54) is 12.1 Å². The monoisotopic (exact) mass is 398 g/mol. The van der Waals surface area contributed by atoms with Crippen molar-refractivity contribution in [3.8, 4) is 5.75 Å². The maximum Gasteiger partial charge on any atom is 0.260 e. The van der Waals surface area contributed by atoms with Crippen molar-refractivity contribution in [2.24, 2.45) is 0 Å². The predicted molar refractivity (Wildman–Crippen MR) is 110 cm³/mol. The fourth-order valence-electron chi connectivity index (χ4n) is 3.70. The SMILES string of the molecule is Cc1ccc(OCC(=O)N2CC(C)N(Cc3ccc(F)cc3)CC2C)c(C=O)c1. The number of hydrogen-bond donors (Lipinski definition) is 0. The Morgan fingerprint density at radius 3 is 2.55 bits per heavy atom. The van der Waals surface area contributed by atoms with Gasteiger partial charge in [-0.05, 0) is 50.6 Å². The van der Waals surface area contributed by atoms with E-state index in [0.29, 0.717) is 17.9 Å². The number of ether oxygens (including phenoxy) is 1. The summed E-state index contributed by atoms with van der Waals surface area (Å²) in [4.78, 5) is 28.1. The van der Waals surface area contributed by atoms with Gasteiger partial charge in [-0.3, -0.25) is 14.5 Å². The van der Waals surface area contributed by atoms with Gasteiger partial charge in [-0.15, -0.1) is 0 Å². The van der Waals surface area contributed by atoms with Gasteiger partial charge in [0, 0.05) is 31.7 Å². The molecule has 0 bridgehead atoms. The highest BCUT2D eigenvalue weighted by atomic mass is 19.1. The number of rotatable bonds is 6. The van der Waals surface area contributed by atoms with E-state index in [1.807, 2.05) is 24.8 Å². The lowest BCUT2D eigenvalue weighted by Crippen LogP contribution is -2.58. The zero-order valence-electron chi connectivity index (χ0n) is 17.1. The molecule has 5 nitrogen and oxygen atoms in total. The maximum atomic E-state index is 13.1. The van der Waals surface area contributed by atoms with Crippen LogP contribution in [0.1, 0.15) is 35.3 Å². The number of halogens is 1. The summed E-state index contributed by atoms with van der Waals surface area (Å²) in [6, 6.07) is 12.1. The van der Waals surface area contributed by atoms with Crippen molar-refractivity contribution in [1.82, 2.24) is 9.80 Å². The molecule has 6 heteroatoms. The lowest BCUT2D eigenvalue weighted by Gasteiger charge is -2.44. The van der Waals surface area contributed by atoms with Crippen LogP contribution in [0.2, 0.25) is 0 Å². The van der Waals surface area contributed by atoms with Gasteiger partial charge in [-0.25, -0.2) is 4.39 Å². The fourth-order valence-corrected chi connectivity index (χ4v) is 3.70. The number of aldehydes is 1. The predicted octanol–water partition coefficient (Wildman–Crippen LogP) is 3.45. The first kappa shape index (κ1) is 21.0. The molecule has 0 saturated carbocycles. The van der Waals surface area contributed by atoms with Gasteiger partial charge in [0.05, 0.1) is 5.56 Å². The molecule has 3 rings (SSSR count). The van der Waals surface area contributed by atoms with Crippen molar-refractivity contribution in [3.05, 3.63) is 65.0 Å². The molecule has 0 spiro atoms. The highest BCUT2D eigenvalue weighted by Crippen LogP contribution is 2.21. The number of carbonyl (C=O) groups is 2. The van der Waals surface area contributed by atoms with Gasteiger partial charge >= 0.3 is 0 Å². The number of benzene rings is 2. The number of amides is 1. The molecule has 0 N–H and O–H groups in total. The van der Waals surface area contributed by atoms with E-state index in [9.17, 15) is 14.0 Å². The normalized spacial score (nSPS) is 19.8. The van der Waals surface area contributed by atoms with Crippen molar-refractivity contribution < 1.29 is 18.7 Å². The van der Waals surface area contributed by atoms with Crippen LogP contribution in [0.3, 0.4) is 0 Å². The molecule has 0 aliphatic carbocycles. The zero-order valence-corrected chi connectivity index (χ0v) is 17.1. The Labute approximate surface area is 171 Å². The Morgan fingerprint density at radius 1 is 1.14 bits per heavy atom. The summed E-state index contributed by atoms with van der Waals surface area (Å²) in [5.74, 6) is 0.0923. The number of aryl methyl sites for hydroxylation is 1. The lowest BCUT2D eigenvalue weighted by atomic mass is 10.1. The molecule has 2 atom stereocenters. The van der Waals surface area contributed by atoms with Crippen molar-refractivity contribution >= 4 is 12.2 Å². The minimum Gasteiger partial charge on any atom is -0.483 e. The van der Waals surface area contributed by atoms with E-state index in [2.05, 4.69) is 11.8 Å². The molecule has 154 valence electrons. The van der Waals surface area contributed by atoms with Crippen LogP contribution in [-0.2, 0) is 11.3 Å². The average Bonchev–Trinajstić information content (AvgIpc) is 2.70. The van der Waals surface area contributed by atoms with Gasteiger partial charge in [0.1, 0.15) is 11.6 Å². The second-order valence-electron chi connectivity index (χ2n) is 7.75. The summed E-state index contributed by atoms with van der Waals surface area (Å²) < 4.78 is 18.8. The molecule has 1 amide bonds. The van der Waals surface area contributed by atoms with E-state index in [1.54, 1.807) is 24.3 Å². The number of nitrogens with zero attached hydrogens (tertiary/aromatic N) is 2. The van der Waals surface area contributed by atoms with Crippen LogP contribution in [0.25, 0.3) is 0 Å². The summed E-state index contributed by atoms with van der Waals surface area (Å²) in [7, 11) is 0.